The minimum atomic E-state index is -1.13. The normalized spacial score (nSPS) is 36.4. The Morgan fingerprint density at radius 2 is 0.978 bits per heavy atom. The molecule has 3 N–H and O–H groups in total. The summed E-state index contributed by atoms with van der Waals surface area (Å²) < 4.78 is 28.2. The molecule has 2 saturated carbocycles. The summed E-state index contributed by atoms with van der Waals surface area (Å²) in [5, 5.41) is 35.7. The maximum atomic E-state index is 12.7. The lowest BCUT2D eigenvalue weighted by molar-refractivity contribution is -0.326. The molecule has 0 aromatic heterocycles. The molecular formula is C33H54N2O10. The Balaban J connectivity index is 0.000000172. The van der Waals surface area contributed by atoms with E-state index in [1.54, 1.807) is 0 Å². The van der Waals surface area contributed by atoms with Gasteiger partial charge in [0, 0.05) is 84.4 Å². The van der Waals surface area contributed by atoms with Gasteiger partial charge in [0.25, 0.3) is 0 Å². The molecule has 12 nitrogen and oxygen atoms in total. The number of carbonyl (C=O) groups excluding carboxylic acids is 2. The number of hydrogen-bond donors (Lipinski definition) is 3. The standard InChI is InChI=1S/C20H33NO6.C13H21NO4/c1-2-25-19(23)8-4-17(5-9-19)14-16(22)15-18(21(17)24)6-10-20(11-7-18)26-12-3-13-27-20;15-11-9-12(1-5-17-6-2-12)14(16)13(10-11)3-7-18-8-4-13/h23-24H,2-15H2,1H3;16H,1-10H2. The van der Waals surface area contributed by atoms with E-state index in [-0.39, 0.29) is 22.6 Å². The van der Waals surface area contributed by atoms with Gasteiger partial charge in [-0.05, 0) is 64.7 Å². The number of carbonyl (C=O) groups is 2. The molecule has 7 fully saturated rings. The number of Topliss-reactive ketones (excluding diaryl/α,β-unsaturated/α-hetero) is 2. The molecular weight excluding hydrogens is 584 g/mol. The van der Waals surface area contributed by atoms with Crippen LogP contribution in [0.4, 0.5) is 0 Å². The molecule has 7 aliphatic rings. The van der Waals surface area contributed by atoms with Gasteiger partial charge in [0.1, 0.15) is 11.6 Å². The molecule has 5 saturated heterocycles. The summed E-state index contributed by atoms with van der Waals surface area (Å²) in [5.41, 5.74) is -1.89. The van der Waals surface area contributed by atoms with Crippen LogP contribution >= 0.6 is 0 Å². The van der Waals surface area contributed by atoms with E-state index in [1.165, 1.54) is 10.1 Å². The van der Waals surface area contributed by atoms with Gasteiger partial charge in [0.2, 0.25) is 0 Å². The molecule has 0 bridgehead atoms. The van der Waals surface area contributed by atoms with Crippen molar-refractivity contribution < 1.29 is 48.8 Å². The van der Waals surface area contributed by atoms with Gasteiger partial charge in [-0.1, -0.05) is 0 Å². The number of piperidine rings is 2. The van der Waals surface area contributed by atoms with Crippen LogP contribution in [0.3, 0.4) is 0 Å². The van der Waals surface area contributed by atoms with E-state index in [0.717, 1.165) is 32.1 Å². The number of hydrogen-bond acceptors (Lipinski definition) is 12. The summed E-state index contributed by atoms with van der Waals surface area (Å²) in [6, 6.07) is 0. The second-order valence-corrected chi connectivity index (χ2v) is 14.9. The highest BCUT2D eigenvalue weighted by Gasteiger charge is 2.59. The highest BCUT2D eigenvalue weighted by molar-refractivity contribution is 5.82. The fraction of sp³-hybridized carbons (Fsp3) is 0.939. The average Bonchev–Trinajstić information content (AvgIpc) is 3.04. The summed E-state index contributed by atoms with van der Waals surface area (Å²) in [7, 11) is 0. The van der Waals surface area contributed by atoms with Gasteiger partial charge in [0.05, 0.1) is 35.4 Å². The molecule has 0 unspecified atom stereocenters. The molecule has 7 rings (SSSR count). The SMILES string of the molecule is CCOC1(O)CCC2(CC1)CC(=O)CC1(CCC3(CC1)OCCCO3)N2O.O=C1CC2(CCOCC2)N(O)C2(CCOCC2)C1. The minimum absolute atomic E-state index is 0.212. The summed E-state index contributed by atoms with van der Waals surface area (Å²) in [6.07, 6.45) is 10.4. The molecule has 5 spiro atoms. The van der Waals surface area contributed by atoms with Gasteiger partial charge in [-0.15, -0.1) is 0 Å². The Hall–Kier alpha value is -1.06. The highest BCUT2D eigenvalue weighted by atomic mass is 16.7. The number of rotatable bonds is 2. The molecule has 256 valence electrons. The lowest BCUT2D eigenvalue weighted by atomic mass is 9.65. The third kappa shape index (κ3) is 6.54. The molecule has 5 heterocycles. The monoisotopic (exact) mass is 638 g/mol. The smallest absolute Gasteiger partial charge is 0.168 e. The van der Waals surface area contributed by atoms with Gasteiger partial charge >= 0.3 is 0 Å². The van der Waals surface area contributed by atoms with E-state index in [1.807, 2.05) is 6.92 Å². The highest BCUT2D eigenvalue weighted by Crippen LogP contribution is 2.53. The second-order valence-electron chi connectivity index (χ2n) is 14.9. The van der Waals surface area contributed by atoms with Crippen LogP contribution in [0.1, 0.15) is 116 Å². The van der Waals surface area contributed by atoms with E-state index < -0.39 is 22.7 Å². The van der Waals surface area contributed by atoms with Crippen molar-refractivity contribution in [1.29, 1.82) is 0 Å². The molecule has 45 heavy (non-hydrogen) atoms. The quantitative estimate of drug-likeness (QED) is 0.379. The van der Waals surface area contributed by atoms with Gasteiger partial charge in [0.15, 0.2) is 11.6 Å². The molecule has 0 aromatic carbocycles. The van der Waals surface area contributed by atoms with Crippen LogP contribution in [0.5, 0.6) is 0 Å². The van der Waals surface area contributed by atoms with E-state index in [4.69, 9.17) is 23.7 Å². The molecule has 2 aliphatic carbocycles. The zero-order valence-electron chi connectivity index (χ0n) is 27.1. The molecule has 5 aliphatic heterocycles. The van der Waals surface area contributed by atoms with E-state index in [9.17, 15) is 25.1 Å². The van der Waals surface area contributed by atoms with Gasteiger partial charge in [-0.2, -0.15) is 10.1 Å². The van der Waals surface area contributed by atoms with Crippen LogP contribution in [-0.2, 0) is 33.3 Å². The predicted octanol–water partition coefficient (Wildman–Crippen LogP) is 3.66. The van der Waals surface area contributed by atoms with Crippen LogP contribution in [0.25, 0.3) is 0 Å². The first kappa shape index (κ1) is 33.8. The van der Waals surface area contributed by atoms with Crippen molar-refractivity contribution in [2.24, 2.45) is 0 Å². The first-order valence-electron chi connectivity index (χ1n) is 17.3. The third-order valence-electron chi connectivity index (χ3n) is 12.1. The Morgan fingerprint density at radius 1 is 0.600 bits per heavy atom. The molecule has 0 aromatic rings. The van der Waals surface area contributed by atoms with Crippen molar-refractivity contribution >= 4 is 11.6 Å². The van der Waals surface area contributed by atoms with Crippen LogP contribution in [0.2, 0.25) is 0 Å². The Labute approximate surface area is 266 Å². The number of aliphatic hydroxyl groups is 1. The number of ether oxygens (including phenoxy) is 5. The molecule has 12 heteroatoms. The van der Waals surface area contributed by atoms with Crippen molar-refractivity contribution in [3.63, 3.8) is 0 Å². The Morgan fingerprint density at radius 3 is 1.38 bits per heavy atom. The fourth-order valence-corrected chi connectivity index (χ4v) is 9.48. The minimum Gasteiger partial charge on any atom is -0.381 e. The Bertz CT molecular complexity index is 1020. The lowest BCUT2D eigenvalue weighted by Crippen LogP contribution is -2.68. The lowest BCUT2D eigenvalue weighted by Gasteiger charge is -2.59. The van der Waals surface area contributed by atoms with Gasteiger partial charge in [-0.3, -0.25) is 9.59 Å². The molecule has 0 atom stereocenters. The zero-order chi connectivity index (χ0) is 31.8. The summed E-state index contributed by atoms with van der Waals surface area (Å²) >= 11 is 0. The first-order valence-corrected chi connectivity index (χ1v) is 17.3. The number of nitrogens with zero attached hydrogens (tertiary/aromatic N) is 2. The van der Waals surface area contributed by atoms with Crippen LogP contribution in [0.15, 0.2) is 0 Å². The molecule has 0 radical (unpaired) electrons. The first-order chi connectivity index (χ1) is 21.5. The third-order valence-corrected chi connectivity index (χ3v) is 12.1. The summed E-state index contributed by atoms with van der Waals surface area (Å²) in [4.78, 5) is 24.9. The topological polar surface area (TPSA) is 147 Å². The molecule has 0 amide bonds. The van der Waals surface area contributed by atoms with Gasteiger partial charge < -0.3 is 39.2 Å². The maximum absolute atomic E-state index is 12.7. The fourth-order valence-electron chi connectivity index (χ4n) is 9.48. The summed E-state index contributed by atoms with van der Waals surface area (Å²) in [6.45, 7) is 6.30. The van der Waals surface area contributed by atoms with Gasteiger partial charge in [-0.25, -0.2) is 0 Å². The van der Waals surface area contributed by atoms with Crippen molar-refractivity contribution in [3.8, 4) is 0 Å². The zero-order valence-corrected chi connectivity index (χ0v) is 27.1. The summed E-state index contributed by atoms with van der Waals surface area (Å²) in [5.74, 6) is -1.16. The van der Waals surface area contributed by atoms with Crippen LogP contribution in [-0.4, -0.2) is 117 Å². The van der Waals surface area contributed by atoms with Crippen molar-refractivity contribution in [2.45, 2.75) is 150 Å². The number of hydroxylamine groups is 4. The van der Waals surface area contributed by atoms with Crippen LogP contribution in [0, 0.1) is 0 Å². The number of ketones is 2. The van der Waals surface area contributed by atoms with E-state index in [0.29, 0.717) is 123 Å². The van der Waals surface area contributed by atoms with Crippen molar-refractivity contribution in [3.05, 3.63) is 0 Å². The van der Waals surface area contributed by atoms with E-state index >= 15 is 0 Å². The Kier molecular flexibility index (Phi) is 9.85. The van der Waals surface area contributed by atoms with Crippen LogP contribution < -0.4 is 0 Å². The largest absolute Gasteiger partial charge is 0.381 e. The van der Waals surface area contributed by atoms with Crippen molar-refractivity contribution in [1.82, 2.24) is 10.1 Å². The van der Waals surface area contributed by atoms with Crippen molar-refractivity contribution in [2.75, 3.05) is 46.2 Å². The average molecular weight is 639 g/mol. The maximum Gasteiger partial charge on any atom is 0.168 e. The predicted molar refractivity (Wildman–Crippen MR) is 160 cm³/mol. The second kappa shape index (κ2) is 13.1. The van der Waals surface area contributed by atoms with E-state index in [2.05, 4.69) is 0 Å².